The van der Waals surface area contributed by atoms with Crippen molar-refractivity contribution in [2.45, 2.75) is 38.5 Å². The van der Waals surface area contributed by atoms with E-state index in [0.29, 0.717) is 12.0 Å². The lowest BCUT2D eigenvalue weighted by atomic mass is 9.70. The highest BCUT2D eigenvalue weighted by Gasteiger charge is 2.40. The van der Waals surface area contributed by atoms with Gasteiger partial charge in [-0.2, -0.15) is 0 Å². The Balaban J connectivity index is 1.70. The van der Waals surface area contributed by atoms with Crippen molar-refractivity contribution in [2.75, 3.05) is 0 Å². The van der Waals surface area contributed by atoms with Gasteiger partial charge in [0.05, 0.1) is 5.41 Å². The summed E-state index contributed by atoms with van der Waals surface area (Å²) < 4.78 is 0. The smallest absolute Gasteiger partial charge is 0.255 e. The lowest BCUT2D eigenvalue weighted by Crippen LogP contribution is -2.33. The van der Waals surface area contributed by atoms with Crippen LogP contribution in [0.4, 0.5) is 0 Å². The molecule has 0 bridgehead atoms. The molecule has 0 fully saturated rings. The van der Waals surface area contributed by atoms with Crippen LogP contribution in [-0.2, 0) is 22.4 Å². The molecule has 29 heavy (non-hydrogen) atoms. The van der Waals surface area contributed by atoms with Crippen LogP contribution in [0.2, 0.25) is 0 Å². The van der Waals surface area contributed by atoms with E-state index in [1.807, 2.05) is 24.3 Å². The first kappa shape index (κ1) is 19.2. The van der Waals surface area contributed by atoms with Crippen molar-refractivity contribution in [3.8, 4) is 11.8 Å². The van der Waals surface area contributed by atoms with Gasteiger partial charge in [-0.05, 0) is 36.8 Å². The van der Waals surface area contributed by atoms with Gasteiger partial charge >= 0.3 is 0 Å². The lowest BCUT2D eigenvalue weighted by molar-refractivity contribution is -0.124. The Hall–Kier alpha value is -3.12. The zero-order valence-corrected chi connectivity index (χ0v) is 16.5. The number of carbonyl (C=O) groups excluding carboxylic acids is 2. The summed E-state index contributed by atoms with van der Waals surface area (Å²) in [5.41, 5.74) is 2.33. The SMILES string of the molecule is O=C1C=C(C2(Cc3ccccc3)C#CC(Cc3ccccc3)CCCC2)C(=O)N1. The molecular formula is C26H25NO2. The molecule has 2 atom stereocenters. The normalized spacial score (nSPS) is 24.0. The number of benzene rings is 2. The van der Waals surface area contributed by atoms with E-state index >= 15 is 0 Å². The molecule has 2 aromatic carbocycles. The van der Waals surface area contributed by atoms with Crippen molar-refractivity contribution in [1.82, 2.24) is 5.32 Å². The van der Waals surface area contributed by atoms with Crippen LogP contribution in [0.1, 0.15) is 36.8 Å². The Morgan fingerprint density at radius 3 is 2.28 bits per heavy atom. The number of carbonyl (C=O) groups is 2. The fraction of sp³-hybridized carbons (Fsp3) is 0.308. The molecule has 0 saturated heterocycles. The summed E-state index contributed by atoms with van der Waals surface area (Å²) in [6.45, 7) is 0. The fourth-order valence-corrected chi connectivity index (χ4v) is 4.39. The number of rotatable bonds is 5. The third kappa shape index (κ3) is 4.49. The Morgan fingerprint density at radius 1 is 0.931 bits per heavy atom. The van der Waals surface area contributed by atoms with E-state index in [2.05, 4.69) is 53.6 Å². The van der Waals surface area contributed by atoms with Crippen LogP contribution in [0.5, 0.6) is 0 Å². The summed E-state index contributed by atoms with van der Waals surface area (Å²) in [7, 11) is 0. The molecule has 2 aromatic rings. The van der Waals surface area contributed by atoms with E-state index in [1.54, 1.807) is 0 Å². The predicted molar refractivity (Wildman–Crippen MR) is 114 cm³/mol. The van der Waals surface area contributed by atoms with Crippen molar-refractivity contribution in [3.63, 3.8) is 0 Å². The average molecular weight is 383 g/mol. The molecular weight excluding hydrogens is 358 g/mol. The van der Waals surface area contributed by atoms with Crippen molar-refractivity contribution < 1.29 is 9.59 Å². The fourth-order valence-electron chi connectivity index (χ4n) is 4.39. The maximum absolute atomic E-state index is 12.6. The molecule has 1 aliphatic carbocycles. The molecule has 2 unspecified atom stereocenters. The molecule has 0 aromatic heterocycles. The monoisotopic (exact) mass is 383 g/mol. The van der Waals surface area contributed by atoms with Gasteiger partial charge in [0.15, 0.2) is 0 Å². The molecule has 1 aliphatic heterocycles. The predicted octanol–water partition coefficient (Wildman–Crippen LogP) is 4.23. The highest BCUT2D eigenvalue weighted by atomic mass is 16.2. The standard InChI is InChI=1S/C26H25NO2/c28-24-18-23(25(29)27-24)26(19-22-12-5-2-6-13-22)15-8-7-11-21(14-16-26)17-20-9-3-1-4-10-20/h1-6,9-10,12-13,18,21H,7-8,11,15,17,19H2,(H,27,28,29). The van der Waals surface area contributed by atoms with Gasteiger partial charge in [0.25, 0.3) is 11.8 Å². The number of imide groups is 1. The highest BCUT2D eigenvalue weighted by Crippen LogP contribution is 2.40. The second-order valence-corrected chi connectivity index (χ2v) is 8.02. The maximum atomic E-state index is 12.6. The quantitative estimate of drug-likeness (QED) is 0.620. The Labute approximate surface area is 172 Å². The molecule has 3 heteroatoms. The summed E-state index contributed by atoms with van der Waals surface area (Å²) >= 11 is 0. The van der Waals surface area contributed by atoms with Gasteiger partial charge in [0.2, 0.25) is 0 Å². The van der Waals surface area contributed by atoms with E-state index in [1.165, 1.54) is 11.6 Å². The number of hydrogen-bond acceptors (Lipinski definition) is 2. The molecule has 0 spiro atoms. The molecule has 1 heterocycles. The minimum atomic E-state index is -0.618. The van der Waals surface area contributed by atoms with Gasteiger partial charge in [0.1, 0.15) is 0 Å². The Kier molecular flexibility index (Phi) is 5.62. The second kappa shape index (κ2) is 8.49. The molecule has 0 radical (unpaired) electrons. The van der Waals surface area contributed by atoms with Crippen LogP contribution in [0, 0.1) is 23.2 Å². The minimum absolute atomic E-state index is 0.258. The zero-order chi connectivity index (χ0) is 20.1. The van der Waals surface area contributed by atoms with E-state index < -0.39 is 5.41 Å². The maximum Gasteiger partial charge on any atom is 0.255 e. The molecule has 1 N–H and O–H groups in total. The van der Waals surface area contributed by atoms with Crippen LogP contribution in [-0.4, -0.2) is 11.8 Å². The summed E-state index contributed by atoms with van der Waals surface area (Å²) in [5.74, 6) is 6.66. The third-order valence-electron chi connectivity index (χ3n) is 5.87. The van der Waals surface area contributed by atoms with Gasteiger partial charge < -0.3 is 0 Å². The number of amides is 2. The summed E-state index contributed by atoms with van der Waals surface area (Å²) in [6, 6.07) is 20.6. The first-order valence-corrected chi connectivity index (χ1v) is 10.3. The van der Waals surface area contributed by atoms with Crippen LogP contribution < -0.4 is 5.32 Å². The topological polar surface area (TPSA) is 46.2 Å². The van der Waals surface area contributed by atoms with Crippen LogP contribution in [0.3, 0.4) is 0 Å². The van der Waals surface area contributed by atoms with E-state index in [0.717, 1.165) is 37.7 Å². The van der Waals surface area contributed by atoms with Gasteiger partial charge in [-0.15, -0.1) is 0 Å². The summed E-state index contributed by atoms with van der Waals surface area (Å²) in [4.78, 5) is 24.5. The Morgan fingerprint density at radius 2 is 1.62 bits per heavy atom. The van der Waals surface area contributed by atoms with Gasteiger partial charge in [0, 0.05) is 17.6 Å². The highest BCUT2D eigenvalue weighted by molar-refractivity contribution is 6.17. The van der Waals surface area contributed by atoms with E-state index in [4.69, 9.17) is 0 Å². The zero-order valence-electron chi connectivity index (χ0n) is 16.5. The molecule has 4 rings (SSSR count). The van der Waals surface area contributed by atoms with Gasteiger partial charge in [-0.1, -0.05) is 85.3 Å². The first-order chi connectivity index (χ1) is 14.1. The first-order valence-electron chi connectivity index (χ1n) is 10.3. The van der Waals surface area contributed by atoms with Crippen LogP contribution in [0.25, 0.3) is 0 Å². The third-order valence-corrected chi connectivity index (χ3v) is 5.87. The van der Waals surface area contributed by atoms with E-state index in [-0.39, 0.29) is 17.7 Å². The second-order valence-electron chi connectivity index (χ2n) is 8.02. The number of hydrogen-bond donors (Lipinski definition) is 1. The van der Waals surface area contributed by atoms with Gasteiger partial charge in [-0.3, -0.25) is 14.9 Å². The van der Waals surface area contributed by atoms with Crippen LogP contribution >= 0.6 is 0 Å². The van der Waals surface area contributed by atoms with Crippen molar-refractivity contribution in [1.29, 1.82) is 0 Å². The summed E-state index contributed by atoms with van der Waals surface area (Å²) in [5, 5.41) is 2.42. The molecule has 2 amide bonds. The van der Waals surface area contributed by atoms with E-state index in [9.17, 15) is 9.59 Å². The summed E-state index contributed by atoms with van der Waals surface area (Å²) in [6.07, 6.45) is 6.95. The molecule has 3 nitrogen and oxygen atoms in total. The Bertz CT molecular complexity index is 982. The van der Waals surface area contributed by atoms with Crippen molar-refractivity contribution in [3.05, 3.63) is 83.4 Å². The average Bonchev–Trinajstić information content (AvgIpc) is 3.07. The van der Waals surface area contributed by atoms with Crippen LogP contribution in [0.15, 0.2) is 72.3 Å². The minimum Gasteiger partial charge on any atom is -0.289 e. The lowest BCUT2D eigenvalue weighted by Gasteiger charge is -2.31. The molecule has 2 aliphatic rings. The molecule has 0 saturated carbocycles. The van der Waals surface area contributed by atoms with Gasteiger partial charge in [-0.25, -0.2) is 0 Å². The van der Waals surface area contributed by atoms with Crippen molar-refractivity contribution in [2.24, 2.45) is 11.3 Å². The van der Waals surface area contributed by atoms with Crippen molar-refractivity contribution >= 4 is 11.8 Å². The molecule has 146 valence electrons. The largest absolute Gasteiger partial charge is 0.289 e. The number of nitrogens with one attached hydrogen (secondary N) is 1.